The van der Waals surface area contributed by atoms with Gasteiger partial charge in [-0.3, -0.25) is 0 Å². The summed E-state index contributed by atoms with van der Waals surface area (Å²) in [5.41, 5.74) is 0. The summed E-state index contributed by atoms with van der Waals surface area (Å²) in [6, 6.07) is 0. The molecule has 0 aromatic heterocycles. The van der Waals surface area contributed by atoms with Gasteiger partial charge in [-0.05, 0) is 37.5 Å². The fraction of sp³-hybridized carbons (Fsp3) is 0.800. The average molecular weight is 158 g/mol. The largest absolute Gasteiger partial charge is 1.00 e. The van der Waals surface area contributed by atoms with Gasteiger partial charge < -0.3 is 5.11 Å². The van der Waals surface area contributed by atoms with E-state index in [0.717, 1.165) is 12.3 Å². The number of allylic oxidation sites excluding steroid dienone is 2. The molecule has 1 nitrogen and oxygen atoms in total. The summed E-state index contributed by atoms with van der Waals surface area (Å²) in [6.45, 7) is 0. The quantitative estimate of drug-likeness (QED) is 0.408. The third-order valence-corrected chi connectivity index (χ3v) is 3.16. The molecule has 1 saturated carbocycles. The summed E-state index contributed by atoms with van der Waals surface area (Å²) in [5.74, 6) is 1.62. The summed E-state index contributed by atoms with van der Waals surface area (Å²) < 4.78 is 0. The van der Waals surface area contributed by atoms with Crippen LogP contribution in [0.15, 0.2) is 11.8 Å². The van der Waals surface area contributed by atoms with Crippen LogP contribution < -0.4 is 24.0 Å². The van der Waals surface area contributed by atoms with Gasteiger partial charge in [0.15, 0.2) is 0 Å². The zero-order valence-corrected chi connectivity index (χ0v) is 7.88. The minimum absolute atomic E-state index is 0. The Balaban J connectivity index is 0.000000720. The van der Waals surface area contributed by atoms with E-state index in [9.17, 15) is 5.11 Å². The summed E-state index contributed by atoms with van der Waals surface area (Å²) in [5, 5.41) is 11.4. The summed E-state index contributed by atoms with van der Waals surface area (Å²) in [4.78, 5) is 0. The van der Waals surface area contributed by atoms with Crippen molar-refractivity contribution in [3.05, 3.63) is 11.8 Å². The van der Waals surface area contributed by atoms with Gasteiger partial charge in [0, 0.05) is 0 Å². The second kappa shape index (κ2) is 4.40. The van der Waals surface area contributed by atoms with Crippen molar-refractivity contribution >= 4 is 0 Å². The Hall–Kier alpha value is 0.137. The smallest absolute Gasteiger partial charge is 0.875 e. The Morgan fingerprint density at radius 2 is 1.92 bits per heavy atom. The molecule has 2 heteroatoms. The van der Waals surface area contributed by atoms with E-state index in [2.05, 4.69) is 0 Å². The van der Waals surface area contributed by atoms with Gasteiger partial charge in [-0.25, -0.2) is 0 Å². The summed E-state index contributed by atoms with van der Waals surface area (Å²) in [6.07, 6.45) is 9.34. The molecule has 2 atom stereocenters. The fourth-order valence-electron chi connectivity index (χ4n) is 2.52. The van der Waals surface area contributed by atoms with E-state index >= 15 is 0 Å². The van der Waals surface area contributed by atoms with Crippen molar-refractivity contribution < 1.29 is 24.0 Å². The Bertz CT molecular complexity index is 177. The first kappa shape index (κ1) is 10.2. The van der Waals surface area contributed by atoms with Crippen molar-refractivity contribution in [1.82, 2.24) is 0 Å². The molecule has 1 fully saturated rings. The molecule has 62 valence electrons. The molecule has 0 saturated heterocycles. The molecule has 0 spiro atoms. The molecular weight excluding hydrogens is 143 g/mol. The Labute approximate surface area is 86.4 Å². The normalized spacial score (nSPS) is 34.5. The van der Waals surface area contributed by atoms with Gasteiger partial charge in [0.1, 0.15) is 0 Å². The van der Waals surface area contributed by atoms with Crippen molar-refractivity contribution in [2.24, 2.45) is 11.8 Å². The zero-order valence-electron chi connectivity index (χ0n) is 7.88. The number of hydrogen-bond acceptors (Lipinski definition) is 1. The minimum atomic E-state index is 0. The molecule has 2 rings (SSSR count). The van der Waals surface area contributed by atoms with Crippen molar-refractivity contribution in [2.75, 3.05) is 0 Å². The van der Waals surface area contributed by atoms with Crippen LogP contribution in [0.5, 0.6) is 0 Å². The SMILES string of the molecule is [Li+].[O-]C1=CCCC2CCCCC12. The zero-order chi connectivity index (χ0) is 7.68. The van der Waals surface area contributed by atoms with Crippen LogP contribution in [0, 0.1) is 11.8 Å². The average Bonchev–Trinajstić information content (AvgIpc) is 2.06. The molecule has 0 radical (unpaired) electrons. The van der Waals surface area contributed by atoms with Crippen LogP contribution in [0.4, 0.5) is 0 Å². The molecule has 0 N–H and O–H groups in total. The molecule has 12 heavy (non-hydrogen) atoms. The second-order valence-electron chi connectivity index (χ2n) is 3.83. The van der Waals surface area contributed by atoms with Crippen molar-refractivity contribution in [3.8, 4) is 0 Å². The van der Waals surface area contributed by atoms with E-state index in [1.807, 2.05) is 6.08 Å². The summed E-state index contributed by atoms with van der Waals surface area (Å²) >= 11 is 0. The molecule has 2 aliphatic carbocycles. The molecule has 0 aromatic carbocycles. The Morgan fingerprint density at radius 3 is 2.67 bits per heavy atom. The van der Waals surface area contributed by atoms with Crippen LogP contribution >= 0.6 is 0 Å². The van der Waals surface area contributed by atoms with Gasteiger partial charge in [0.2, 0.25) is 0 Å². The molecular formula is C10H15LiO. The first-order chi connectivity index (χ1) is 5.38. The predicted octanol–water partition coefficient (Wildman–Crippen LogP) is -1.17. The van der Waals surface area contributed by atoms with Crippen LogP contribution in [0.1, 0.15) is 38.5 Å². The standard InChI is InChI=1S/C10H16O.Li/c11-10-7-3-5-8-4-1-2-6-9(8)10;/h7-9,11H,1-6H2;/q;+1/p-1. The predicted molar refractivity (Wildman–Crippen MR) is 42.8 cm³/mol. The molecule has 0 aliphatic heterocycles. The maximum Gasteiger partial charge on any atom is 1.00 e. The maximum absolute atomic E-state index is 11.4. The Morgan fingerprint density at radius 1 is 1.17 bits per heavy atom. The second-order valence-corrected chi connectivity index (χ2v) is 3.83. The number of hydrogen-bond donors (Lipinski definition) is 0. The van der Waals surface area contributed by atoms with Crippen LogP contribution in [0.2, 0.25) is 0 Å². The molecule has 2 unspecified atom stereocenters. The molecule has 0 heterocycles. The Kier molecular flexibility index (Phi) is 3.74. The van der Waals surface area contributed by atoms with Gasteiger partial charge in [0.05, 0.1) is 0 Å². The molecule has 0 amide bonds. The number of fused-ring (bicyclic) bond motifs is 1. The minimum Gasteiger partial charge on any atom is -0.875 e. The first-order valence-electron chi connectivity index (χ1n) is 4.75. The van der Waals surface area contributed by atoms with E-state index in [1.165, 1.54) is 32.1 Å². The van der Waals surface area contributed by atoms with E-state index in [4.69, 9.17) is 0 Å². The molecule has 2 aliphatic rings. The first-order valence-corrected chi connectivity index (χ1v) is 4.75. The van der Waals surface area contributed by atoms with Gasteiger partial charge in [0.25, 0.3) is 0 Å². The molecule has 0 aromatic rings. The van der Waals surface area contributed by atoms with Gasteiger partial charge in [-0.2, -0.15) is 0 Å². The van der Waals surface area contributed by atoms with E-state index in [-0.39, 0.29) is 18.9 Å². The third kappa shape index (κ3) is 1.89. The fourth-order valence-corrected chi connectivity index (χ4v) is 2.52. The van der Waals surface area contributed by atoms with Gasteiger partial charge in [-0.1, -0.05) is 18.9 Å². The number of rotatable bonds is 0. The van der Waals surface area contributed by atoms with Crippen LogP contribution in [-0.4, -0.2) is 0 Å². The van der Waals surface area contributed by atoms with E-state index < -0.39 is 0 Å². The topological polar surface area (TPSA) is 23.1 Å². The molecule has 0 bridgehead atoms. The van der Waals surface area contributed by atoms with Gasteiger partial charge >= 0.3 is 18.9 Å². The van der Waals surface area contributed by atoms with Crippen molar-refractivity contribution in [2.45, 2.75) is 38.5 Å². The summed E-state index contributed by atoms with van der Waals surface area (Å²) in [7, 11) is 0. The van der Waals surface area contributed by atoms with E-state index in [1.54, 1.807) is 0 Å². The van der Waals surface area contributed by atoms with E-state index in [0.29, 0.717) is 11.7 Å². The third-order valence-electron chi connectivity index (χ3n) is 3.16. The van der Waals surface area contributed by atoms with Crippen LogP contribution in [0.3, 0.4) is 0 Å². The van der Waals surface area contributed by atoms with Crippen LogP contribution in [0.25, 0.3) is 0 Å². The van der Waals surface area contributed by atoms with Crippen molar-refractivity contribution in [3.63, 3.8) is 0 Å². The monoisotopic (exact) mass is 158 g/mol. The van der Waals surface area contributed by atoms with Crippen LogP contribution in [-0.2, 0) is 0 Å². The maximum atomic E-state index is 11.4. The van der Waals surface area contributed by atoms with Gasteiger partial charge in [-0.15, -0.1) is 5.76 Å². The van der Waals surface area contributed by atoms with Crippen molar-refractivity contribution in [1.29, 1.82) is 0 Å².